The Morgan fingerprint density at radius 2 is 2.00 bits per heavy atom. The summed E-state index contributed by atoms with van der Waals surface area (Å²) in [6, 6.07) is 0.465. The van der Waals surface area contributed by atoms with Crippen LogP contribution in [0.4, 0.5) is 5.82 Å². The number of likely N-dealkylation sites (tertiary alicyclic amines) is 1. The number of aliphatic carboxylic acids is 1. The van der Waals surface area contributed by atoms with Gasteiger partial charge in [0.1, 0.15) is 11.2 Å². The third-order valence-corrected chi connectivity index (χ3v) is 5.92. The zero-order valence-corrected chi connectivity index (χ0v) is 14.0. The minimum absolute atomic E-state index is 0.138. The van der Waals surface area contributed by atoms with Crippen LogP contribution in [-0.2, 0) is 9.53 Å². The molecule has 3 saturated heterocycles. The maximum Gasteiger partial charge on any atom is 0.313 e. The molecule has 3 fully saturated rings. The maximum absolute atomic E-state index is 12.2. The number of nitrogens with zero attached hydrogens (tertiary/aromatic N) is 4. The van der Waals surface area contributed by atoms with Gasteiger partial charge in [-0.05, 0) is 19.8 Å². The smallest absolute Gasteiger partial charge is 0.313 e. The average molecular weight is 332 g/mol. The highest BCUT2D eigenvalue weighted by Gasteiger charge is 2.58. The lowest BCUT2D eigenvalue weighted by atomic mass is 9.81. The van der Waals surface area contributed by atoms with Crippen molar-refractivity contribution in [3.63, 3.8) is 0 Å². The molecule has 3 aliphatic heterocycles. The molecule has 0 bridgehead atoms. The summed E-state index contributed by atoms with van der Waals surface area (Å²) in [6.07, 6.45) is 5.37. The molecule has 0 radical (unpaired) electrons. The fourth-order valence-electron chi connectivity index (χ4n) is 4.61. The second-order valence-electron chi connectivity index (χ2n) is 7.28. The number of fused-ring (bicyclic) bond motifs is 1. The molecule has 4 heterocycles. The highest BCUT2D eigenvalue weighted by molar-refractivity contribution is 5.78. The van der Waals surface area contributed by atoms with Gasteiger partial charge >= 0.3 is 5.97 Å². The van der Waals surface area contributed by atoms with Crippen molar-refractivity contribution < 1.29 is 14.6 Å². The van der Waals surface area contributed by atoms with Gasteiger partial charge in [0.15, 0.2) is 0 Å². The molecule has 7 nitrogen and oxygen atoms in total. The third-order valence-electron chi connectivity index (χ3n) is 5.92. The van der Waals surface area contributed by atoms with E-state index in [-0.39, 0.29) is 5.92 Å². The van der Waals surface area contributed by atoms with Gasteiger partial charge in [0.2, 0.25) is 0 Å². The van der Waals surface area contributed by atoms with Crippen molar-refractivity contribution in [1.82, 2.24) is 14.9 Å². The molecule has 24 heavy (non-hydrogen) atoms. The highest BCUT2D eigenvalue weighted by Crippen LogP contribution is 2.45. The summed E-state index contributed by atoms with van der Waals surface area (Å²) in [6.45, 7) is 6.25. The normalized spacial score (nSPS) is 31.4. The molecule has 7 heteroatoms. The number of ether oxygens (including phenoxy) is 1. The predicted octanol–water partition coefficient (Wildman–Crippen LogP) is 0.787. The Kier molecular flexibility index (Phi) is 3.92. The van der Waals surface area contributed by atoms with Crippen LogP contribution in [-0.4, -0.2) is 71.4 Å². The predicted molar refractivity (Wildman–Crippen MR) is 88.0 cm³/mol. The molecule has 3 aliphatic rings. The molecule has 1 aromatic heterocycles. The van der Waals surface area contributed by atoms with Crippen LogP contribution in [0.5, 0.6) is 0 Å². The number of aromatic nitrogens is 2. The Balaban J connectivity index is 1.55. The molecule has 0 aliphatic carbocycles. The quantitative estimate of drug-likeness (QED) is 0.876. The van der Waals surface area contributed by atoms with E-state index >= 15 is 0 Å². The van der Waals surface area contributed by atoms with E-state index in [0.717, 1.165) is 50.7 Å². The zero-order valence-electron chi connectivity index (χ0n) is 14.0. The Bertz CT molecular complexity index is 634. The largest absolute Gasteiger partial charge is 0.481 e. The summed E-state index contributed by atoms with van der Waals surface area (Å²) >= 11 is 0. The summed E-state index contributed by atoms with van der Waals surface area (Å²) in [5.74, 6) is 0.287. The van der Waals surface area contributed by atoms with E-state index in [2.05, 4.69) is 19.8 Å². The summed E-state index contributed by atoms with van der Waals surface area (Å²) in [4.78, 5) is 25.4. The van der Waals surface area contributed by atoms with E-state index in [9.17, 15) is 9.90 Å². The van der Waals surface area contributed by atoms with Crippen LogP contribution in [0.1, 0.15) is 18.5 Å². The molecule has 2 atom stereocenters. The van der Waals surface area contributed by atoms with Crippen molar-refractivity contribution >= 4 is 11.8 Å². The van der Waals surface area contributed by atoms with Gasteiger partial charge in [-0.2, -0.15) is 0 Å². The van der Waals surface area contributed by atoms with E-state index < -0.39 is 11.4 Å². The number of carboxylic acid groups (broad SMARTS) is 1. The van der Waals surface area contributed by atoms with E-state index in [4.69, 9.17) is 4.74 Å². The van der Waals surface area contributed by atoms with Crippen molar-refractivity contribution in [3.05, 3.63) is 18.1 Å². The molecule has 1 aromatic rings. The second kappa shape index (κ2) is 5.97. The first-order chi connectivity index (χ1) is 11.6. The van der Waals surface area contributed by atoms with Crippen LogP contribution in [0.2, 0.25) is 0 Å². The minimum Gasteiger partial charge on any atom is -0.481 e. The summed E-state index contributed by atoms with van der Waals surface area (Å²) in [5.41, 5.74) is 0.168. The summed E-state index contributed by atoms with van der Waals surface area (Å²) < 4.78 is 5.45. The third kappa shape index (κ3) is 2.46. The fourth-order valence-corrected chi connectivity index (χ4v) is 4.61. The Morgan fingerprint density at radius 1 is 1.25 bits per heavy atom. The lowest BCUT2D eigenvalue weighted by Gasteiger charge is -2.33. The van der Waals surface area contributed by atoms with Crippen LogP contribution >= 0.6 is 0 Å². The van der Waals surface area contributed by atoms with Gasteiger partial charge in [-0.15, -0.1) is 0 Å². The Hall–Kier alpha value is -1.73. The Morgan fingerprint density at radius 3 is 2.67 bits per heavy atom. The van der Waals surface area contributed by atoms with E-state index in [0.29, 0.717) is 19.1 Å². The van der Waals surface area contributed by atoms with Crippen LogP contribution in [0.3, 0.4) is 0 Å². The molecule has 0 aromatic carbocycles. The van der Waals surface area contributed by atoms with E-state index in [1.165, 1.54) is 0 Å². The number of carbonyl (C=O) groups is 1. The van der Waals surface area contributed by atoms with Crippen LogP contribution < -0.4 is 4.90 Å². The molecule has 0 amide bonds. The molecule has 4 rings (SSSR count). The maximum atomic E-state index is 12.2. The van der Waals surface area contributed by atoms with Gasteiger partial charge in [0.05, 0.1) is 5.69 Å². The monoisotopic (exact) mass is 332 g/mol. The molecule has 0 unspecified atom stereocenters. The average Bonchev–Trinajstić information content (AvgIpc) is 3.11. The number of anilines is 1. The summed E-state index contributed by atoms with van der Waals surface area (Å²) in [5, 5.41) is 10.0. The first-order valence-electron chi connectivity index (χ1n) is 8.68. The van der Waals surface area contributed by atoms with E-state index in [1.807, 2.05) is 6.92 Å². The molecule has 130 valence electrons. The van der Waals surface area contributed by atoms with Gasteiger partial charge in [-0.1, -0.05) is 0 Å². The van der Waals surface area contributed by atoms with Crippen molar-refractivity contribution in [3.8, 4) is 0 Å². The van der Waals surface area contributed by atoms with E-state index in [1.54, 1.807) is 12.4 Å². The lowest BCUT2D eigenvalue weighted by molar-refractivity contribution is -0.148. The van der Waals surface area contributed by atoms with Gasteiger partial charge in [-0.25, -0.2) is 4.98 Å². The first-order valence-corrected chi connectivity index (χ1v) is 8.68. The topological polar surface area (TPSA) is 78.8 Å². The number of aryl methyl sites for hydroxylation is 1. The van der Waals surface area contributed by atoms with Crippen molar-refractivity contribution in [2.24, 2.45) is 11.3 Å². The standard InChI is InChI=1S/C17H24N4O3/c1-12-15(19-5-4-18-12)21-9-13-8-20(14-2-6-24-7-3-14)10-17(13,11-21)16(22)23/h4-5,13-14H,2-3,6-11H2,1H3,(H,22,23)/t13-,17-/m0/s1. The van der Waals surface area contributed by atoms with Crippen molar-refractivity contribution in [1.29, 1.82) is 0 Å². The van der Waals surface area contributed by atoms with Crippen molar-refractivity contribution in [2.45, 2.75) is 25.8 Å². The number of hydrogen-bond donors (Lipinski definition) is 1. The van der Waals surface area contributed by atoms with Crippen LogP contribution in [0.25, 0.3) is 0 Å². The van der Waals surface area contributed by atoms with Crippen molar-refractivity contribution in [2.75, 3.05) is 44.3 Å². The molecular weight excluding hydrogens is 308 g/mol. The second-order valence-corrected chi connectivity index (χ2v) is 7.28. The molecule has 1 N–H and O–H groups in total. The highest BCUT2D eigenvalue weighted by atomic mass is 16.5. The lowest BCUT2D eigenvalue weighted by Crippen LogP contribution is -2.44. The van der Waals surface area contributed by atoms with Gasteiger partial charge < -0.3 is 14.7 Å². The summed E-state index contributed by atoms with van der Waals surface area (Å²) in [7, 11) is 0. The molecular formula is C17H24N4O3. The SMILES string of the molecule is Cc1nccnc1N1C[C@@H]2CN(C3CCOCC3)C[C@]2(C(=O)O)C1. The number of rotatable bonds is 3. The molecule has 0 spiro atoms. The Labute approximate surface area is 141 Å². The van der Waals surface area contributed by atoms with Gasteiger partial charge in [0.25, 0.3) is 0 Å². The van der Waals surface area contributed by atoms with Crippen LogP contribution in [0, 0.1) is 18.3 Å². The number of carboxylic acids is 1. The minimum atomic E-state index is -0.692. The van der Waals surface area contributed by atoms with Gasteiger partial charge in [-0.3, -0.25) is 14.7 Å². The first kappa shape index (κ1) is 15.8. The van der Waals surface area contributed by atoms with Crippen LogP contribution in [0.15, 0.2) is 12.4 Å². The number of hydrogen-bond acceptors (Lipinski definition) is 6. The fraction of sp³-hybridized carbons (Fsp3) is 0.706. The zero-order chi connectivity index (χ0) is 16.7. The van der Waals surface area contributed by atoms with Gasteiger partial charge in [0, 0.05) is 63.7 Å². The molecule has 0 saturated carbocycles.